The molecule has 0 aliphatic heterocycles. The second kappa shape index (κ2) is 6.20. The standard InChI is InChI=1S/C12H14N2O4S/c1-9(19(2,16)17)12(15)14-10-4-3-5-11(8-10)18-7-6-13/h3-5,8-9H,7H2,1-2H3,(H,14,15). The number of hydrogen-bond donors (Lipinski definition) is 1. The van der Waals surface area contributed by atoms with Crippen LogP contribution in [-0.4, -0.2) is 32.4 Å². The maximum atomic E-state index is 11.7. The van der Waals surface area contributed by atoms with Crippen molar-refractivity contribution in [3.8, 4) is 11.8 Å². The number of sulfone groups is 1. The highest BCUT2D eigenvalue weighted by Gasteiger charge is 2.23. The lowest BCUT2D eigenvalue weighted by atomic mass is 10.3. The normalized spacial score (nSPS) is 12.3. The lowest BCUT2D eigenvalue weighted by Gasteiger charge is -2.11. The Balaban J connectivity index is 2.78. The number of carbonyl (C=O) groups excluding carboxylic acids is 1. The van der Waals surface area contributed by atoms with Crippen molar-refractivity contribution in [1.82, 2.24) is 0 Å². The summed E-state index contributed by atoms with van der Waals surface area (Å²) in [4.78, 5) is 11.7. The van der Waals surface area contributed by atoms with Crippen molar-refractivity contribution in [1.29, 1.82) is 5.26 Å². The molecule has 1 N–H and O–H groups in total. The van der Waals surface area contributed by atoms with Crippen molar-refractivity contribution < 1.29 is 17.9 Å². The number of nitrogens with zero attached hydrogens (tertiary/aromatic N) is 1. The fourth-order valence-corrected chi connectivity index (χ4v) is 1.67. The van der Waals surface area contributed by atoms with Gasteiger partial charge in [0, 0.05) is 18.0 Å². The molecule has 0 bridgehead atoms. The highest BCUT2D eigenvalue weighted by Crippen LogP contribution is 2.17. The average molecular weight is 282 g/mol. The second-order valence-corrected chi connectivity index (χ2v) is 6.30. The van der Waals surface area contributed by atoms with E-state index in [1.807, 2.05) is 6.07 Å². The third-order valence-corrected chi connectivity index (χ3v) is 3.91. The van der Waals surface area contributed by atoms with E-state index in [2.05, 4.69) is 5.32 Å². The molecule has 0 heterocycles. The summed E-state index contributed by atoms with van der Waals surface area (Å²) in [6.07, 6.45) is 1.00. The van der Waals surface area contributed by atoms with Gasteiger partial charge in [-0.1, -0.05) is 6.07 Å². The van der Waals surface area contributed by atoms with Gasteiger partial charge >= 0.3 is 0 Å². The average Bonchev–Trinajstić information content (AvgIpc) is 2.34. The Bertz CT molecular complexity index is 604. The zero-order valence-corrected chi connectivity index (χ0v) is 11.4. The smallest absolute Gasteiger partial charge is 0.242 e. The van der Waals surface area contributed by atoms with E-state index in [1.54, 1.807) is 18.2 Å². The van der Waals surface area contributed by atoms with Crippen LogP contribution in [0.25, 0.3) is 0 Å². The molecular weight excluding hydrogens is 268 g/mol. The Morgan fingerprint density at radius 2 is 2.21 bits per heavy atom. The third-order valence-electron chi connectivity index (χ3n) is 2.42. The lowest BCUT2D eigenvalue weighted by molar-refractivity contribution is -0.115. The van der Waals surface area contributed by atoms with Crippen LogP contribution in [0.2, 0.25) is 0 Å². The highest BCUT2D eigenvalue weighted by atomic mass is 32.2. The topological polar surface area (TPSA) is 96.3 Å². The van der Waals surface area contributed by atoms with Gasteiger partial charge in [0.05, 0.1) is 0 Å². The largest absolute Gasteiger partial charge is 0.479 e. The van der Waals surface area contributed by atoms with E-state index < -0.39 is 21.0 Å². The summed E-state index contributed by atoms with van der Waals surface area (Å²) < 4.78 is 27.6. The van der Waals surface area contributed by atoms with Crippen LogP contribution in [0.4, 0.5) is 5.69 Å². The Hall–Kier alpha value is -2.07. The molecule has 102 valence electrons. The first kappa shape index (κ1) is 15.0. The zero-order chi connectivity index (χ0) is 14.5. The molecule has 1 atom stereocenters. The fourth-order valence-electron chi connectivity index (χ4n) is 1.22. The SMILES string of the molecule is CC(C(=O)Nc1cccc(OCC#N)c1)S(C)(=O)=O. The van der Waals surface area contributed by atoms with Crippen molar-refractivity contribution in [3.05, 3.63) is 24.3 Å². The molecule has 0 aliphatic rings. The summed E-state index contributed by atoms with van der Waals surface area (Å²) in [6.45, 7) is 1.22. The van der Waals surface area contributed by atoms with E-state index in [0.29, 0.717) is 11.4 Å². The molecule has 0 saturated heterocycles. The van der Waals surface area contributed by atoms with Crippen molar-refractivity contribution in [2.45, 2.75) is 12.2 Å². The fraction of sp³-hybridized carbons (Fsp3) is 0.333. The quantitative estimate of drug-likeness (QED) is 0.867. The van der Waals surface area contributed by atoms with Crippen molar-refractivity contribution in [2.24, 2.45) is 0 Å². The Labute approximate surface area is 111 Å². The van der Waals surface area contributed by atoms with Gasteiger partial charge in [0.2, 0.25) is 5.91 Å². The summed E-state index contributed by atoms with van der Waals surface area (Å²) >= 11 is 0. The Morgan fingerprint density at radius 3 is 2.79 bits per heavy atom. The van der Waals surface area contributed by atoms with Crippen molar-refractivity contribution >= 4 is 21.4 Å². The number of carbonyl (C=O) groups is 1. The molecule has 0 aliphatic carbocycles. The number of nitriles is 1. The van der Waals surface area contributed by atoms with Crippen LogP contribution in [0.5, 0.6) is 5.75 Å². The number of rotatable bonds is 5. The summed E-state index contributed by atoms with van der Waals surface area (Å²) in [5.41, 5.74) is 0.413. The van der Waals surface area contributed by atoms with E-state index in [4.69, 9.17) is 10.00 Å². The summed E-state index contributed by atoms with van der Waals surface area (Å²) in [5.74, 6) is -0.189. The third kappa shape index (κ3) is 4.60. The predicted molar refractivity (Wildman–Crippen MR) is 70.5 cm³/mol. The maximum Gasteiger partial charge on any atom is 0.242 e. The summed E-state index contributed by atoms with van der Waals surface area (Å²) in [6, 6.07) is 8.21. The molecule has 0 spiro atoms. The minimum absolute atomic E-state index is 0.100. The molecule has 1 aromatic rings. The van der Waals surface area contributed by atoms with E-state index in [0.717, 1.165) is 6.26 Å². The van der Waals surface area contributed by atoms with Gasteiger partial charge in [-0.05, 0) is 19.1 Å². The minimum atomic E-state index is -3.43. The van der Waals surface area contributed by atoms with Crippen LogP contribution < -0.4 is 10.1 Å². The molecule has 0 radical (unpaired) electrons. The van der Waals surface area contributed by atoms with Crippen LogP contribution in [0.15, 0.2) is 24.3 Å². The number of ether oxygens (including phenoxy) is 1. The van der Waals surface area contributed by atoms with Gasteiger partial charge in [0.25, 0.3) is 0 Å². The monoisotopic (exact) mass is 282 g/mol. The van der Waals surface area contributed by atoms with Gasteiger partial charge in [0.15, 0.2) is 16.4 Å². The maximum absolute atomic E-state index is 11.7. The minimum Gasteiger partial charge on any atom is -0.479 e. The zero-order valence-electron chi connectivity index (χ0n) is 10.6. The van der Waals surface area contributed by atoms with Crippen molar-refractivity contribution in [3.63, 3.8) is 0 Å². The number of nitrogens with one attached hydrogen (secondary N) is 1. The molecular formula is C12H14N2O4S. The molecule has 1 amide bonds. The number of hydrogen-bond acceptors (Lipinski definition) is 5. The molecule has 6 nitrogen and oxygen atoms in total. The lowest BCUT2D eigenvalue weighted by Crippen LogP contribution is -2.31. The van der Waals surface area contributed by atoms with Crippen LogP contribution in [-0.2, 0) is 14.6 Å². The Morgan fingerprint density at radius 1 is 1.53 bits per heavy atom. The number of amides is 1. The molecule has 1 unspecified atom stereocenters. The second-order valence-electron chi connectivity index (χ2n) is 3.94. The van der Waals surface area contributed by atoms with E-state index >= 15 is 0 Å². The van der Waals surface area contributed by atoms with E-state index in [-0.39, 0.29) is 6.61 Å². The first-order chi connectivity index (χ1) is 8.84. The van der Waals surface area contributed by atoms with Crippen LogP contribution in [0.1, 0.15) is 6.92 Å². The molecule has 1 aromatic carbocycles. The van der Waals surface area contributed by atoms with Crippen molar-refractivity contribution in [2.75, 3.05) is 18.2 Å². The van der Waals surface area contributed by atoms with Crippen LogP contribution in [0.3, 0.4) is 0 Å². The van der Waals surface area contributed by atoms with E-state index in [9.17, 15) is 13.2 Å². The molecule has 7 heteroatoms. The molecule has 1 rings (SSSR count). The van der Waals surface area contributed by atoms with Gasteiger partial charge in [-0.3, -0.25) is 4.79 Å². The van der Waals surface area contributed by atoms with Gasteiger partial charge in [-0.25, -0.2) is 8.42 Å². The van der Waals surface area contributed by atoms with Gasteiger partial charge in [0.1, 0.15) is 17.1 Å². The van der Waals surface area contributed by atoms with Gasteiger partial charge in [-0.2, -0.15) is 5.26 Å². The number of anilines is 1. The first-order valence-corrected chi connectivity index (χ1v) is 7.39. The number of benzene rings is 1. The summed E-state index contributed by atoms with van der Waals surface area (Å²) in [5, 5.41) is 9.75. The first-order valence-electron chi connectivity index (χ1n) is 5.44. The summed E-state index contributed by atoms with van der Waals surface area (Å²) in [7, 11) is -3.43. The predicted octanol–water partition coefficient (Wildman–Crippen LogP) is 0.961. The highest BCUT2D eigenvalue weighted by molar-refractivity contribution is 7.92. The molecule has 0 aromatic heterocycles. The van der Waals surface area contributed by atoms with Gasteiger partial charge < -0.3 is 10.1 Å². The van der Waals surface area contributed by atoms with E-state index in [1.165, 1.54) is 13.0 Å². The molecule has 0 fully saturated rings. The Kier molecular flexibility index (Phi) is 4.89. The molecule has 19 heavy (non-hydrogen) atoms. The van der Waals surface area contributed by atoms with Crippen LogP contribution >= 0.6 is 0 Å². The van der Waals surface area contributed by atoms with Gasteiger partial charge in [-0.15, -0.1) is 0 Å². The molecule has 0 saturated carbocycles. The van der Waals surface area contributed by atoms with Crippen LogP contribution in [0, 0.1) is 11.3 Å².